The fourth-order valence-electron chi connectivity index (χ4n) is 2.53. The highest BCUT2D eigenvalue weighted by atomic mass is 32.2. The second-order valence-electron chi connectivity index (χ2n) is 5.61. The van der Waals surface area contributed by atoms with Gasteiger partial charge < -0.3 is 0 Å². The first kappa shape index (κ1) is 16.7. The average Bonchev–Trinajstić information content (AvgIpc) is 2.96. The van der Waals surface area contributed by atoms with Crippen LogP contribution in [-0.4, -0.2) is 29.5 Å². The Kier molecular flexibility index (Phi) is 3.79. The minimum atomic E-state index is -4.64. The molecule has 10 heteroatoms. The summed E-state index contributed by atoms with van der Waals surface area (Å²) in [4.78, 5) is 15.9. The first-order valence-electron chi connectivity index (χ1n) is 7.54. The lowest BCUT2D eigenvalue weighted by Crippen LogP contribution is -2.11. The van der Waals surface area contributed by atoms with Gasteiger partial charge in [0.2, 0.25) is 11.0 Å². The molecule has 0 aliphatic rings. The van der Waals surface area contributed by atoms with E-state index in [-0.39, 0.29) is 15.7 Å². The Balaban J connectivity index is 1.85. The zero-order valence-corrected chi connectivity index (χ0v) is 14.4. The summed E-state index contributed by atoms with van der Waals surface area (Å²) in [6.07, 6.45) is -4.64. The van der Waals surface area contributed by atoms with Gasteiger partial charge in [0.15, 0.2) is 0 Å². The van der Waals surface area contributed by atoms with E-state index in [0.29, 0.717) is 11.2 Å². The maximum absolute atomic E-state index is 13.1. The zero-order chi connectivity index (χ0) is 18.5. The Morgan fingerprint density at radius 1 is 1.00 bits per heavy atom. The highest BCUT2D eigenvalue weighted by Gasteiger charge is 2.35. The van der Waals surface area contributed by atoms with Crippen LogP contribution < -0.4 is 0 Å². The number of para-hydroxylation sites is 1. The first-order valence-corrected chi connectivity index (χ1v) is 8.36. The van der Waals surface area contributed by atoms with E-state index in [0.717, 1.165) is 23.1 Å². The number of halogens is 3. The smallest absolute Gasteiger partial charge is 0.224 e. The molecule has 0 spiro atoms. The lowest BCUT2D eigenvalue weighted by molar-refractivity contribution is -0.145. The number of rotatable bonds is 2. The van der Waals surface area contributed by atoms with Crippen LogP contribution in [0.3, 0.4) is 0 Å². The minimum absolute atomic E-state index is 0.146. The maximum Gasteiger partial charge on any atom is 0.451 e. The van der Waals surface area contributed by atoms with Gasteiger partial charge in [0, 0.05) is 16.8 Å². The van der Waals surface area contributed by atoms with E-state index in [4.69, 9.17) is 0 Å². The van der Waals surface area contributed by atoms with Crippen molar-refractivity contribution in [2.45, 2.75) is 30.2 Å². The molecule has 0 atom stereocenters. The third kappa shape index (κ3) is 2.96. The summed E-state index contributed by atoms with van der Waals surface area (Å²) in [6.45, 7) is 3.69. The normalized spacial score (nSPS) is 12.2. The molecular formula is C16H11F3N6S. The van der Waals surface area contributed by atoms with Gasteiger partial charge in [0.05, 0.1) is 5.52 Å². The largest absolute Gasteiger partial charge is 0.451 e. The molecule has 0 aliphatic heterocycles. The molecule has 0 bridgehead atoms. The molecule has 3 aromatic heterocycles. The van der Waals surface area contributed by atoms with E-state index in [2.05, 4.69) is 25.0 Å². The van der Waals surface area contributed by atoms with Crippen molar-refractivity contribution in [3.8, 4) is 0 Å². The van der Waals surface area contributed by atoms with Gasteiger partial charge in [-0.05, 0) is 37.7 Å². The molecule has 0 saturated carbocycles. The van der Waals surface area contributed by atoms with Crippen LogP contribution in [0.25, 0.3) is 16.7 Å². The second kappa shape index (κ2) is 5.90. The molecule has 1 aromatic carbocycles. The van der Waals surface area contributed by atoms with Crippen LogP contribution >= 0.6 is 11.8 Å². The molecule has 3 heterocycles. The van der Waals surface area contributed by atoms with Gasteiger partial charge in [-0.1, -0.05) is 18.2 Å². The van der Waals surface area contributed by atoms with Gasteiger partial charge in [-0.25, -0.2) is 19.5 Å². The van der Waals surface area contributed by atoms with Gasteiger partial charge in [0.25, 0.3) is 5.78 Å². The highest BCUT2D eigenvalue weighted by Crippen LogP contribution is 2.34. The summed E-state index contributed by atoms with van der Waals surface area (Å²) in [7, 11) is 0. The van der Waals surface area contributed by atoms with Gasteiger partial charge in [-0.2, -0.15) is 18.2 Å². The predicted octanol–water partition coefficient (Wildman–Crippen LogP) is 3.85. The molecular weight excluding hydrogens is 365 g/mol. The molecule has 0 amide bonds. The van der Waals surface area contributed by atoms with Crippen LogP contribution in [0, 0.1) is 13.8 Å². The Morgan fingerprint density at radius 2 is 1.77 bits per heavy atom. The van der Waals surface area contributed by atoms with Gasteiger partial charge >= 0.3 is 6.18 Å². The zero-order valence-electron chi connectivity index (χ0n) is 13.6. The van der Waals surface area contributed by atoms with Crippen LogP contribution in [0.5, 0.6) is 0 Å². The van der Waals surface area contributed by atoms with Crippen molar-refractivity contribution in [2.75, 3.05) is 0 Å². The van der Waals surface area contributed by atoms with Crippen LogP contribution in [-0.2, 0) is 6.18 Å². The maximum atomic E-state index is 13.1. The third-order valence-corrected chi connectivity index (χ3v) is 4.47. The molecule has 6 nitrogen and oxygen atoms in total. The second-order valence-corrected chi connectivity index (χ2v) is 6.57. The minimum Gasteiger partial charge on any atom is -0.224 e. The quantitative estimate of drug-likeness (QED) is 0.495. The summed E-state index contributed by atoms with van der Waals surface area (Å²) in [5, 5.41) is 5.23. The number of aryl methyl sites for hydroxylation is 2. The Bertz CT molecular complexity index is 1140. The van der Waals surface area contributed by atoms with E-state index in [1.165, 1.54) is 6.07 Å². The van der Waals surface area contributed by atoms with Crippen molar-refractivity contribution in [1.29, 1.82) is 0 Å². The van der Waals surface area contributed by atoms with E-state index < -0.39 is 12.0 Å². The van der Waals surface area contributed by atoms with Crippen molar-refractivity contribution >= 4 is 28.4 Å². The third-order valence-electron chi connectivity index (χ3n) is 3.61. The summed E-state index contributed by atoms with van der Waals surface area (Å²) in [5.74, 6) is -0.799. The Hall–Kier alpha value is -2.75. The molecule has 132 valence electrons. The monoisotopic (exact) mass is 376 g/mol. The van der Waals surface area contributed by atoms with Crippen molar-refractivity contribution in [3.63, 3.8) is 0 Å². The summed E-state index contributed by atoms with van der Waals surface area (Å²) < 4.78 is 40.9. The average molecular weight is 376 g/mol. The molecule has 4 aromatic rings. The first-order chi connectivity index (χ1) is 12.3. The van der Waals surface area contributed by atoms with E-state index in [1.54, 1.807) is 22.7 Å². The van der Waals surface area contributed by atoms with Crippen molar-refractivity contribution < 1.29 is 13.2 Å². The number of hydrogen-bond donors (Lipinski definition) is 0. The fraction of sp³-hybridized carbons (Fsp3) is 0.188. The topological polar surface area (TPSA) is 68.9 Å². The van der Waals surface area contributed by atoms with Crippen molar-refractivity contribution in [2.24, 2.45) is 0 Å². The van der Waals surface area contributed by atoms with Crippen molar-refractivity contribution in [1.82, 2.24) is 29.5 Å². The molecule has 0 N–H and O–H groups in total. The molecule has 26 heavy (non-hydrogen) atoms. The summed E-state index contributed by atoms with van der Waals surface area (Å²) >= 11 is 0.953. The number of fused-ring (bicyclic) bond motifs is 2. The SMILES string of the molecule is Cc1cc(C)n2nc(Sc3nc(C(F)(F)F)nc4ccccc34)nc2n1. The van der Waals surface area contributed by atoms with Crippen molar-refractivity contribution in [3.05, 3.63) is 47.5 Å². The molecule has 0 radical (unpaired) electrons. The fourth-order valence-corrected chi connectivity index (χ4v) is 3.37. The van der Waals surface area contributed by atoms with E-state index in [1.807, 2.05) is 19.9 Å². The number of hydrogen-bond acceptors (Lipinski definition) is 6. The lowest BCUT2D eigenvalue weighted by atomic mass is 10.2. The number of aromatic nitrogens is 6. The highest BCUT2D eigenvalue weighted by molar-refractivity contribution is 7.99. The predicted molar refractivity (Wildman–Crippen MR) is 88.9 cm³/mol. The Labute approximate surface area is 149 Å². The van der Waals surface area contributed by atoms with Gasteiger partial charge in [-0.15, -0.1) is 5.10 Å². The van der Waals surface area contributed by atoms with Crippen LogP contribution in [0.15, 0.2) is 40.5 Å². The van der Waals surface area contributed by atoms with Crippen LogP contribution in [0.1, 0.15) is 17.2 Å². The van der Waals surface area contributed by atoms with Crippen LogP contribution in [0.2, 0.25) is 0 Å². The molecule has 4 rings (SSSR count). The lowest BCUT2D eigenvalue weighted by Gasteiger charge is -2.09. The number of nitrogens with zero attached hydrogens (tertiary/aromatic N) is 6. The van der Waals surface area contributed by atoms with Gasteiger partial charge in [0.1, 0.15) is 5.03 Å². The van der Waals surface area contributed by atoms with E-state index >= 15 is 0 Å². The standard InChI is InChI=1S/C16H11F3N6S/c1-8-7-9(2)25-14(20-8)23-15(24-25)26-12-10-5-3-4-6-11(10)21-13(22-12)16(17,18)19/h3-7H,1-2H3. The van der Waals surface area contributed by atoms with Crippen LogP contribution in [0.4, 0.5) is 13.2 Å². The summed E-state index contributed by atoms with van der Waals surface area (Å²) in [5.41, 5.74) is 1.83. The number of alkyl halides is 3. The molecule has 0 fully saturated rings. The Morgan fingerprint density at radius 3 is 2.54 bits per heavy atom. The van der Waals surface area contributed by atoms with E-state index in [9.17, 15) is 13.2 Å². The molecule has 0 unspecified atom stereocenters. The van der Waals surface area contributed by atoms with Gasteiger partial charge in [-0.3, -0.25) is 0 Å². The number of benzene rings is 1. The summed E-state index contributed by atoms with van der Waals surface area (Å²) in [6, 6.07) is 8.38. The molecule has 0 saturated heterocycles. The molecule has 0 aliphatic carbocycles.